The first-order valence-electron chi connectivity index (χ1n) is 12.2. The lowest BCUT2D eigenvalue weighted by Crippen LogP contribution is -2.41. The van der Waals surface area contributed by atoms with Crippen molar-refractivity contribution >= 4 is 46.2 Å². The van der Waals surface area contributed by atoms with Gasteiger partial charge in [-0.25, -0.2) is 9.79 Å². The quantitative estimate of drug-likeness (QED) is 0.267. The summed E-state index contributed by atoms with van der Waals surface area (Å²) in [5.41, 5.74) is 2.96. The monoisotopic (exact) mass is 545 g/mol. The molecule has 194 valence electrons. The highest BCUT2D eigenvalue weighted by Crippen LogP contribution is 2.36. The number of ether oxygens (including phenoxy) is 1. The van der Waals surface area contributed by atoms with Crippen LogP contribution in [-0.4, -0.2) is 35.3 Å². The van der Waals surface area contributed by atoms with Crippen LogP contribution in [-0.2, 0) is 14.3 Å². The summed E-state index contributed by atoms with van der Waals surface area (Å²) in [5, 5.41) is 0. The van der Waals surface area contributed by atoms with Crippen molar-refractivity contribution in [2.75, 3.05) is 17.7 Å². The van der Waals surface area contributed by atoms with E-state index in [9.17, 15) is 14.4 Å². The van der Waals surface area contributed by atoms with E-state index in [4.69, 9.17) is 4.74 Å². The highest BCUT2D eigenvalue weighted by molar-refractivity contribution is 7.98. The van der Waals surface area contributed by atoms with Crippen molar-refractivity contribution in [1.82, 2.24) is 4.57 Å². The molecule has 0 saturated heterocycles. The number of amides is 1. The summed E-state index contributed by atoms with van der Waals surface area (Å²) in [6.07, 6.45) is 3.31. The number of fused-ring (bicyclic) bond motifs is 2. The van der Waals surface area contributed by atoms with Crippen LogP contribution >= 0.6 is 23.1 Å². The summed E-state index contributed by atoms with van der Waals surface area (Å²) in [4.78, 5) is 48.8. The molecular formula is C29H27N3O4S2. The second-order valence-corrected chi connectivity index (χ2v) is 11.1. The van der Waals surface area contributed by atoms with Gasteiger partial charge in [-0.1, -0.05) is 47.7 Å². The standard InChI is InChI=1S/C29H27N3O4S2/c1-6-15-31-21-10-8-7-9-20(21)23(26(31)33)25-27(34)32-24(18-11-13-19(37-5)14-12-18)22(28(35)36-16(2)3)17(4)30-29(32)38-25/h6-14,16,24H,1,15H2,2-5H3. The van der Waals surface area contributed by atoms with Crippen LogP contribution in [0.1, 0.15) is 37.9 Å². The van der Waals surface area contributed by atoms with Gasteiger partial charge >= 0.3 is 5.97 Å². The molecule has 0 fully saturated rings. The van der Waals surface area contributed by atoms with Crippen molar-refractivity contribution in [3.05, 3.63) is 103 Å². The van der Waals surface area contributed by atoms with E-state index < -0.39 is 12.0 Å². The molecule has 0 aliphatic carbocycles. The molecule has 2 aliphatic heterocycles. The molecule has 1 amide bonds. The summed E-state index contributed by atoms with van der Waals surface area (Å²) in [5.74, 6) is -0.773. The molecule has 0 bridgehead atoms. The van der Waals surface area contributed by atoms with Crippen molar-refractivity contribution in [3.63, 3.8) is 0 Å². The molecule has 5 rings (SSSR count). The topological polar surface area (TPSA) is 81.0 Å². The fourth-order valence-electron chi connectivity index (χ4n) is 4.82. The molecule has 0 N–H and O–H groups in total. The minimum absolute atomic E-state index is 0.257. The molecule has 1 atom stereocenters. The van der Waals surface area contributed by atoms with E-state index in [1.807, 2.05) is 54.8 Å². The molecule has 1 unspecified atom stereocenters. The van der Waals surface area contributed by atoms with Gasteiger partial charge in [0.05, 0.1) is 34.7 Å². The first kappa shape index (κ1) is 25.9. The maximum Gasteiger partial charge on any atom is 0.338 e. The SMILES string of the molecule is C=CCN1C(=O)C(=c2sc3n(c2=O)C(c2ccc(SC)cc2)C(C(=O)OC(C)C)=C(C)N=3)c2ccccc21. The zero-order chi connectivity index (χ0) is 27.1. The Kier molecular flexibility index (Phi) is 6.98. The fourth-order valence-corrected chi connectivity index (χ4v) is 6.37. The molecule has 2 aliphatic rings. The number of nitrogens with zero attached hydrogens (tertiary/aromatic N) is 3. The summed E-state index contributed by atoms with van der Waals surface area (Å²) >= 11 is 2.77. The third-order valence-corrected chi connectivity index (χ3v) is 8.25. The lowest BCUT2D eigenvalue weighted by Gasteiger charge is -2.25. The molecule has 38 heavy (non-hydrogen) atoms. The van der Waals surface area contributed by atoms with Gasteiger partial charge in [0.2, 0.25) is 0 Å². The number of hydrogen-bond acceptors (Lipinski definition) is 7. The smallest absolute Gasteiger partial charge is 0.338 e. The third kappa shape index (κ3) is 4.25. The number of anilines is 1. The minimum Gasteiger partial charge on any atom is -0.459 e. The van der Waals surface area contributed by atoms with E-state index in [0.29, 0.717) is 38.3 Å². The van der Waals surface area contributed by atoms with E-state index in [1.54, 1.807) is 43.5 Å². The number of thiazole rings is 1. The largest absolute Gasteiger partial charge is 0.459 e. The Morgan fingerprint density at radius 2 is 1.89 bits per heavy atom. The second-order valence-electron chi connectivity index (χ2n) is 9.23. The number of rotatable bonds is 6. The van der Waals surface area contributed by atoms with E-state index in [-0.39, 0.29) is 17.6 Å². The molecule has 3 aromatic rings. The Hall–Kier alpha value is -3.69. The third-order valence-electron chi connectivity index (χ3n) is 6.45. The molecular weight excluding hydrogens is 518 g/mol. The van der Waals surface area contributed by atoms with E-state index in [2.05, 4.69) is 11.6 Å². The summed E-state index contributed by atoms with van der Waals surface area (Å²) in [6, 6.07) is 14.4. The summed E-state index contributed by atoms with van der Waals surface area (Å²) < 4.78 is 7.40. The van der Waals surface area contributed by atoms with Gasteiger partial charge < -0.3 is 9.64 Å². The van der Waals surface area contributed by atoms with Gasteiger partial charge in [0, 0.05) is 17.0 Å². The van der Waals surface area contributed by atoms with Crippen LogP contribution in [0.25, 0.3) is 5.57 Å². The van der Waals surface area contributed by atoms with Gasteiger partial charge in [-0.05, 0) is 50.8 Å². The zero-order valence-corrected chi connectivity index (χ0v) is 23.2. The second kappa shape index (κ2) is 10.2. The molecule has 2 aromatic carbocycles. The number of aromatic nitrogens is 1. The van der Waals surface area contributed by atoms with Crippen LogP contribution in [0, 0.1) is 0 Å². The predicted octanol–water partition coefficient (Wildman–Crippen LogP) is 3.81. The van der Waals surface area contributed by atoms with Crippen LogP contribution in [0.5, 0.6) is 0 Å². The molecule has 3 heterocycles. The van der Waals surface area contributed by atoms with Crippen molar-refractivity contribution in [2.24, 2.45) is 4.99 Å². The van der Waals surface area contributed by atoms with Crippen LogP contribution in [0.3, 0.4) is 0 Å². The molecule has 7 nitrogen and oxygen atoms in total. The van der Waals surface area contributed by atoms with Crippen molar-refractivity contribution in [1.29, 1.82) is 0 Å². The number of carbonyl (C=O) groups is 2. The number of carbonyl (C=O) groups excluding carboxylic acids is 2. The summed E-state index contributed by atoms with van der Waals surface area (Å²) in [6.45, 7) is 9.42. The Morgan fingerprint density at radius 3 is 2.55 bits per heavy atom. The van der Waals surface area contributed by atoms with Gasteiger partial charge in [0.1, 0.15) is 4.53 Å². The molecule has 1 aromatic heterocycles. The lowest BCUT2D eigenvalue weighted by atomic mass is 9.96. The van der Waals surface area contributed by atoms with Gasteiger partial charge in [0.15, 0.2) is 4.80 Å². The van der Waals surface area contributed by atoms with E-state index in [1.165, 1.54) is 15.9 Å². The first-order valence-corrected chi connectivity index (χ1v) is 14.2. The Morgan fingerprint density at radius 1 is 1.18 bits per heavy atom. The minimum atomic E-state index is -0.737. The molecule has 0 spiro atoms. The van der Waals surface area contributed by atoms with Crippen LogP contribution < -0.4 is 19.8 Å². The summed E-state index contributed by atoms with van der Waals surface area (Å²) in [7, 11) is 0. The van der Waals surface area contributed by atoms with Gasteiger partial charge in [-0.15, -0.1) is 18.3 Å². The van der Waals surface area contributed by atoms with Crippen molar-refractivity contribution < 1.29 is 14.3 Å². The molecule has 9 heteroatoms. The Bertz CT molecular complexity index is 1680. The highest BCUT2D eigenvalue weighted by Gasteiger charge is 2.37. The number of esters is 1. The Balaban J connectivity index is 1.79. The van der Waals surface area contributed by atoms with E-state index in [0.717, 1.165) is 16.1 Å². The van der Waals surface area contributed by atoms with Crippen molar-refractivity contribution in [3.8, 4) is 0 Å². The Labute approximate surface area is 228 Å². The number of benzene rings is 2. The maximum absolute atomic E-state index is 14.1. The number of hydrogen-bond donors (Lipinski definition) is 0. The zero-order valence-electron chi connectivity index (χ0n) is 21.6. The van der Waals surface area contributed by atoms with Gasteiger partial charge in [-0.3, -0.25) is 14.2 Å². The number of para-hydroxylation sites is 1. The highest BCUT2D eigenvalue weighted by atomic mass is 32.2. The van der Waals surface area contributed by atoms with E-state index >= 15 is 0 Å². The van der Waals surface area contributed by atoms with Gasteiger partial charge in [-0.2, -0.15) is 0 Å². The molecule has 0 radical (unpaired) electrons. The van der Waals surface area contributed by atoms with Crippen LogP contribution in [0.15, 0.2) is 87.1 Å². The molecule has 0 saturated carbocycles. The van der Waals surface area contributed by atoms with Crippen molar-refractivity contribution in [2.45, 2.75) is 37.8 Å². The lowest BCUT2D eigenvalue weighted by molar-refractivity contribution is -0.143. The maximum atomic E-state index is 14.1. The first-order chi connectivity index (χ1) is 18.3. The van der Waals surface area contributed by atoms with Gasteiger partial charge in [0.25, 0.3) is 11.5 Å². The van der Waals surface area contributed by atoms with Crippen LogP contribution in [0.2, 0.25) is 0 Å². The normalized spacial score (nSPS) is 17.9. The number of thioether (sulfide) groups is 1. The average molecular weight is 546 g/mol. The predicted molar refractivity (Wildman–Crippen MR) is 151 cm³/mol. The number of allylic oxidation sites excluding steroid dienone is 1. The average Bonchev–Trinajstić information content (AvgIpc) is 3.35. The fraction of sp³-hybridized carbons (Fsp3) is 0.241. The van der Waals surface area contributed by atoms with Crippen LogP contribution in [0.4, 0.5) is 5.69 Å².